The van der Waals surface area contributed by atoms with Gasteiger partial charge in [-0.2, -0.15) is 0 Å². The molecule has 0 saturated carbocycles. The molecule has 1 aliphatic heterocycles. The van der Waals surface area contributed by atoms with E-state index < -0.39 is 0 Å². The second kappa shape index (κ2) is 11.7. The number of pyridine rings is 1. The van der Waals surface area contributed by atoms with Gasteiger partial charge in [-0.25, -0.2) is 4.98 Å². The number of nitrogens with zero attached hydrogens (tertiary/aromatic N) is 2. The van der Waals surface area contributed by atoms with Gasteiger partial charge in [-0.3, -0.25) is 4.57 Å². The summed E-state index contributed by atoms with van der Waals surface area (Å²) in [6.45, 7) is 0. The Labute approximate surface area is 305 Å². The van der Waals surface area contributed by atoms with Gasteiger partial charge in [0.05, 0.1) is 5.52 Å². The van der Waals surface area contributed by atoms with Crippen LogP contribution in [-0.2, 0) is 0 Å². The summed E-state index contributed by atoms with van der Waals surface area (Å²) in [5.74, 6) is 1.57. The fraction of sp³-hybridized carbons (Fsp3) is 0. The maximum Gasteiger partial charge on any atom is 0.145 e. The first-order chi connectivity index (χ1) is 26.3. The van der Waals surface area contributed by atoms with Crippen LogP contribution in [0.5, 0.6) is 11.5 Å². The van der Waals surface area contributed by atoms with Crippen molar-refractivity contribution in [1.82, 2.24) is 9.55 Å². The quantitative estimate of drug-likeness (QED) is 0.183. The van der Waals surface area contributed by atoms with E-state index in [1.165, 1.54) is 0 Å². The lowest BCUT2D eigenvalue weighted by molar-refractivity contribution is 0.487. The third-order valence-corrected chi connectivity index (χ3v) is 10.5. The van der Waals surface area contributed by atoms with E-state index in [4.69, 9.17) is 14.1 Å². The molecule has 3 aromatic heterocycles. The van der Waals surface area contributed by atoms with Gasteiger partial charge < -0.3 is 9.15 Å². The van der Waals surface area contributed by atoms with Gasteiger partial charge in [-0.15, -0.1) is 0 Å². The lowest BCUT2D eigenvalue weighted by Crippen LogP contribution is -1.94. The fourth-order valence-corrected chi connectivity index (χ4v) is 7.99. The highest BCUT2D eigenvalue weighted by Gasteiger charge is 2.21. The molecule has 4 heteroatoms. The van der Waals surface area contributed by atoms with Gasteiger partial charge in [0.2, 0.25) is 0 Å². The van der Waals surface area contributed by atoms with Crippen LogP contribution in [0.25, 0.3) is 95.1 Å². The Morgan fingerprint density at radius 3 is 2.09 bits per heavy atom. The van der Waals surface area contributed by atoms with E-state index in [-0.39, 0.29) is 0 Å². The Hall–Kier alpha value is -7.17. The van der Waals surface area contributed by atoms with E-state index >= 15 is 0 Å². The van der Waals surface area contributed by atoms with Crippen LogP contribution >= 0.6 is 0 Å². The molecule has 0 saturated heterocycles. The predicted molar refractivity (Wildman–Crippen MR) is 218 cm³/mol. The fourth-order valence-electron chi connectivity index (χ4n) is 7.99. The molecule has 4 heterocycles. The van der Waals surface area contributed by atoms with Crippen LogP contribution in [0, 0.1) is 0 Å². The number of furan rings is 1. The van der Waals surface area contributed by atoms with Crippen LogP contribution in [0.15, 0.2) is 174 Å². The standard InChI is InChI=1S/C49H30N2O2/c1-2-12-35(13-3-1)51-44-25-24-34(28-41(44)39-17-10-26-50-49(39)51)33-23-22-32-21-20-31-11-4-5-14-36(31)37-15-6-8-18-45(37)52-48-29-42-38-16-7-9-19-46(38)53-47(42)30-43(48)40(32)27-33/h1-30H/b21-20-. The summed E-state index contributed by atoms with van der Waals surface area (Å²) in [7, 11) is 0. The maximum atomic E-state index is 7.03. The van der Waals surface area contributed by atoms with Gasteiger partial charge in [-0.1, -0.05) is 109 Å². The molecule has 0 spiro atoms. The normalized spacial score (nSPS) is 12.8. The van der Waals surface area contributed by atoms with E-state index in [0.29, 0.717) is 0 Å². The lowest BCUT2D eigenvalue weighted by Gasteiger charge is -2.17. The van der Waals surface area contributed by atoms with Gasteiger partial charge in [0, 0.05) is 44.6 Å². The summed E-state index contributed by atoms with van der Waals surface area (Å²) >= 11 is 0. The lowest BCUT2D eigenvalue weighted by atomic mass is 9.92. The molecule has 11 rings (SSSR count). The van der Waals surface area contributed by atoms with Crippen molar-refractivity contribution in [3.05, 3.63) is 181 Å². The molecule has 53 heavy (non-hydrogen) atoms. The van der Waals surface area contributed by atoms with Gasteiger partial charge in [0.25, 0.3) is 0 Å². The first-order valence-electron chi connectivity index (χ1n) is 17.9. The molecule has 0 atom stereocenters. The summed E-state index contributed by atoms with van der Waals surface area (Å²) < 4.78 is 15.7. The second-order valence-corrected chi connectivity index (χ2v) is 13.5. The molecule has 4 nitrogen and oxygen atoms in total. The largest absolute Gasteiger partial charge is 0.456 e. The molecular weight excluding hydrogens is 649 g/mol. The van der Waals surface area contributed by atoms with E-state index in [9.17, 15) is 0 Å². The third kappa shape index (κ3) is 4.73. The maximum absolute atomic E-state index is 7.03. The van der Waals surface area contributed by atoms with Gasteiger partial charge in [0.1, 0.15) is 28.3 Å². The third-order valence-electron chi connectivity index (χ3n) is 10.5. The van der Waals surface area contributed by atoms with Crippen molar-refractivity contribution in [1.29, 1.82) is 0 Å². The van der Waals surface area contributed by atoms with Gasteiger partial charge in [-0.05, 0) is 100 Å². The van der Waals surface area contributed by atoms with Gasteiger partial charge >= 0.3 is 0 Å². The number of para-hydroxylation sites is 3. The zero-order chi connectivity index (χ0) is 34.9. The van der Waals surface area contributed by atoms with Crippen LogP contribution in [0.2, 0.25) is 0 Å². The van der Waals surface area contributed by atoms with Gasteiger partial charge in [0.15, 0.2) is 0 Å². The molecular formula is C49H30N2O2. The van der Waals surface area contributed by atoms with Crippen molar-refractivity contribution >= 4 is 56.0 Å². The monoisotopic (exact) mass is 678 g/mol. The first kappa shape index (κ1) is 29.5. The minimum Gasteiger partial charge on any atom is -0.456 e. The Kier molecular flexibility index (Phi) is 6.52. The van der Waals surface area contributed by atoms with Crippen molar-refractivity contribution in [2.45, 2.75) is 0 Å². The zero-order valence-electron chi connectivity index (χ0n) is 28.5. The van der Waals surface area contributed by atoms with Crippen LogP contribution in [0.3, 0.4) is 0 Å². The van der Waals surface area contributed by atoms with Crippen molar-refractivity contribution in [2.75, 3.05) is 0 Å². The van der Waals surface area contributed by atoms with Crippen molar-refractivity contribution in [2.24, 2.45) is 0 Å². The van der Waals surface area contributed by atoms with Crippen molar-refractivity contribution in [3.63, 3.8) is 0 Å². The Morgan fingerprint density at radius 1 is 0.434 bits per heavy atom. The van der Waals surface area contributed by atoms with Crippen molar-refractivity contribution in [3.8, 4) is 50.6 Å². The topological polar surface area (TPSA) is 40.2 Å². The highest BCUT2D eigenvalue weighted by molar-refractivity contribution is 6.10. The van der Waals surface area contributed by atoms with Crippen LogP contribution in [-0.4, -0.2) is 9.55 Å². The van der Waals surface area contributed by atoms with E-state index in [0.717, 1.165) is 106 Å². The molecule has 248 valence electrons. The average Bonchev–Trinajstić information content (AvgIpc) is 3.74. The molecule has 0 aliphatic carbocycles. The SMILES string of the molecule is C1=C\c2ccc(-c3ccc4c(c3)c3cccnc3n4-c3ccccc3)cc2-c2cc3oc4ccccc4c3cc2Oc2ccccc2-c2ccccc2/1. The summed E-state index contributed by atoms with van der Waals surface area (Å²) in [4.78, 5) is 4.83. The number of fused-ring (bicyclic) bond motifs is 12. The Bertz CT molecular complexity index is 3090. The molecule has 0 N–H and O–H groups in total. The van der Waals surface area contributed by atoms with Crippen molar-refractivity contribution < 1.29 is 9.15 Å². The minimum atomic E-state index is 0.773. The molecule has 0 unspecified atom stereocenters. The molecule has 0 radical (unpaired) electrons. The number of ether oxygens (including phenoxy) is 1. The average molecular weight is 679 g/mol. The first-order valence-corrected chi connectivity index (χ1v) is 17.9. The number of hydrogen-bond donors (Lipinski definition) is 0. The van der Waals surface area contributed by atoms with E-state index in [1.54, 1.807) is 0 Å². The van der Waals surface area contributed by atoms with E-state index in [2.05, 4.69) is 150 Å². The molecule has 1 aliphatic rings. The Morgan fingerprint density at radius 2 is 1.17 bits per heavy atom. The predicted octanol–water partition coefficient (Wildman–Crippen LogP) is 13.4. The summed E-state index contributed by atoms with van der Waals surface area (Å²) in [6, 6.07) is 57.4. The van der Waals surface area contributed by atoms with E-state index in [1.807, 2.05) is 36.5 Å². The summed E-state index contributed by atoms with van der Waals surface area (Å²) in [5.41, 5.74) is 13.4. The number of rotatable bonds is 2. The molecule has 0 fully saturated rings. The molecule has 0 amide bonds. The number of aromatic nitrogens is 2. The van der Waals surface area contributed by atoms with Crippen LogP contribution in [0.1, 0.15) is 11.1 Å². The highest BCUT2D eigenvalue weighted by Crippen LogP contribution is 2.46. The second-order valence-electron chi connectivity index (χ2n) is 13.5. The number of benzene rings is 7. The zero-order valence-corrected chi connectivity index (χ0v) is 28.5. The highest BCUT2D eigenvalue weighted by atomic mass is 16.5. The molecule has 10 aromatic rings. The minimum absolute atomic E-state index is 0.773. The Balaban J connectivity index is 1.16. The summed E-state index contributed by atoms with van der Waals surface area (Å²) in [6.07, 6.45) is 6.31. The van der Waals surface area contributed by atoms with Crippen LogP contribution < -0.4 is 4.74 Å². The van der Waals surface area contributed by atoms with Crippen LogP contribution in [0.4, 0.5) is 0 Å². The smallest absolute Gasteiger partial charge is 0.145 e. The molecule has 7 aromatic carbocycles. The number of hydrogen-bond acceptors (Lipinski definition) is 3. The molecule has 0 bridgehead atoms. The summed E-state index contributed by atoms with van der Waals surface area (Å²) in [5, 5.41) is 4.36.